The van der Waals surface area contributed by atoms with E-state index in [0.717, 1.165) is 22.4 Å². The van der Waals surface area contributed by atoms with Gasteiger partial charge in [-0.3, -0.25) is 5.10 Å². The van der Waals surface area contributed by atoms with Crippen LogP contribution in [0.4, 0.5) is 0 Å². The van der Waals surface area contributed by atoms with Crippen molar-refractivity contribution < 1.29 is 22.6 Å². The van der Waals surface area contributed by atoms with Gasteiger partial charge in [-0.25, -0.2) is 8.42 Å². The smallest absolute Gasteiger partial charge is 0.232 e. The van der Waals surface area contributed by atoms with E-state index >= 15 is 0 Å². The average molecular weight is 465 g/mol. The van der Waals surface area contributed by atoms with Crippen molar-refractivity contribution in [3.8, 4) is 34.4 Å². The number of nitrogens with zero attached hydrogens (tertiary/aromatic N) is 1. The molecule has 170 valence electrons. The van der Waals surface area contributed by atoms with Gasteiger partial charge in [-0.1, -0.05) is 24.3 Å². The van der Waals surface area contributed by atoms with Gasteiger partial charge in [0.2, 0.25) is 5.88 Å². The van der Waals surface area contributed by atoms with E-state index in [0.29, 0.717) is 29.7 Å². The Kier molecular flexibility index (Phi) is 6.37. The number of ether oxygens (including phenoxy) is 3. The van der Waals surface area contributed by atoms with Crippen LogP contribution in [0.1, 0.15) is 11.1 Å². The number of nitrogens with one attached hydrogen (secondary N) is 1. The van der Waals surface area contributed by atoms with Crippen LogP contribution < -0.4 is 14.2 Å². The molecule has 33 heavy (non-hydrogen) atoms. The summed E-state index contributed by atoms with van der Waals surface area (Å²) in [4.78, 5) is 0.232. The fourth-order valence-electron chi connectivity index (χ4n) is 3.25. The van der Waals surface area contributed by atoms with Gasteiger partial charge in [0.15, 0.2) is 9.84 Å². The highest BCUT2D eigenvalue weighted by atomic mass is 32.2. The molecule has 3 aromatic carbocycles. The van der Waals surface area contributed by atoms with E-state index in [1.54, 1.807) is 31.4 Å². The highest BCUT2D eigenvalue weighted by Crippen LogP contribution is 2.33. The van der Waals surface area contributed by atoms with E-state index in [4.69, 9.17) is 14.2 Å². The molecule has 4 aromatic rings. The van der Waals surface area contributed by atoms with Gasteiger partial charge in [0.05, 0.1) is 17.7 Å². The standard InChI is InChI=1S/C25H24N2O5S/c1-17-6-4-5-7-18(17)16-31-21-12-19(24-15-25(30-2)27-26-24)13-22(14-21)32-20-8-10-23(11-9-20)33(3,28)29/h4-15H,16H2,1-3H3,(H,26,27). The number of hydrogen-bond acceptors (Lipinski definition) is 6. The Morgan fingerprint density at radius 3 is 2.30 bits per heavy atom. The molecule has 0 bridgehead atoms. The van der Waals surface area contributed by atoms with Gasteiger partial charge in [0.25, 0.3) is 0 Å². The maximum absolute atomic E-state index is 11.7. The van der Waals surface area contributed by atoms with Crippen molar-refractivity contribution in [2.75, 3.05) is 13.4 Å². The summed E-state index contributed by atoms with van der Waals surface area (Å²) in [6, 6.07) is 21.6. The largest absolute Gasteiger partial charge is 0.489 e. The van der Waals surface area contributed by atoms with Crippen molar-refractivity contribution in [1.82, 2.24) is 10.2 Å². The second-order valence-electron chi connectivity index (χ2n) is 7.58. The molecule has 0 aliphatic heterocycles. The third-order valence-corrected chi connectivity index (χ3v) is 6.23. The first-order valence-corrected chi connectivity index (χ1v) is 12.1. The molecular formula is C25H24N2O5S. The number of aromatic amines is 1. The maximum atomic E-state index is 11.7. The van der Waals surface area contributed by atoms with E-state index in [-0.39, 0.29) is 4.90 Å². The molecular weight excluding hydrogens is 440 g/mol. The van der Waals surface area contributed by atoms with Gasteiger partial charge >= 0.3 is 0 Å². The van der Waals surface area contributed by atoms with Gasteiger partial charge in [0.1, 0.15) is 23.9 Å². The zero-order valence-corrected chi connectivity index (χ0v) is 19.3. The Balaban J connectivity index is 1.64. The molecule has 0 saturated heterocycles. The summed E-state index contributed by atoms with van der Waals surface area (Å²) in [5, 5.41) is 7.05. The Morgan fingerprint density at radius 2 is 1.64 bits per heavy atom. The van der Waals surface area contributed by atoms with Crippen LogP contribution >= 0.6 is 0 Å². The minimum absolute atomic E-state index is 0.232. The lowest BCUT2D eigenvalue weighted by Gasteiger charge is -2.13. The molecule has 0 aliphatic rings. The number of hydrogen-bond donors (Lipinski definition) is 1. The van der Waals surface area contributed by atoms with Crippen LogP contribution in [0.2, 0.25) is 0 Å². The van der Waals surface area contributed by atoms with E-state index in [2.05, 4.69) is 10.2 Å². The molecule has 1 aromatic heterocycles. The van der Waals surface area contributed by atoms with Gasteiger partial charge in [-0.2, -0.15) is 0 Å². The predicted octanol–water partition coefficient (Wildman–Crippen LogP) is 5.17. The zero-order valence-electron chi connectivity index (χ0n) is 18.5. The van der Waals surface area contributed by atoms with Gasteiger partial charge in [-0.15, -0.1) is 5.10 Å². The molecule has 8 heteroatoms. The molecule has 0 aliphatic carbocycles. The normalized spacial score (nSPS) is 11.2. The van der Waals surface area contributed by atoms with Crippen LogP contribution in [-0.4, -0.2) is 32.0 Å². The van der Waals surface area contributed by atoms with Crippen molar-refractivity contribution in [1.29, 1.82) is 0 Å². The van der Waals surface area contributed by atoms with Gasteiger partial charge in [-0.05, 0) is 54.4 Å². The van der Waals surface area contributed by atoms with Crippen molar-refractivity contribution in [2.24, 2.45) is 0 Å². The predicted molar refractivity (Wildman–Crippen MR) is 126 cm³/mol. The van der Waals surface area contributed by atoms with Crippen LogP contribution in [0.25, 0.3) is 11.3 Å². The maximum Gasteiger partial charge on any atom is 0.232 e. The van der Waals surface area contributed by atoms with Crippen molar-refractivity contribution in [3.05, 3.63) is 83.9 Å². The zero-order chi connectivity index (χ0) is 23.4. The van der Waals surface area contributed by atoms with Crippen LogP contribution in [-0.2, 0) is 16.4 Å². The second kappa shape index (κ2) is 9.38. The van der Waals surface area contributed by atoms with Crippen molar-refractivity contribution in [2.45, 2.75) is 18.4 Å². The highest BCUT2D eigenvalue weighted by molar-refractivity contribution is 7.90. The number of sulfone groups is 1. The van der Waals surface area contributed by atoms with Crippen LogP contribution in [0, 0.1) is 6.92 Å². The quantitative estimate of drug-likeness (QED) is 0.387. The summed E-state index contributed by atoms with van der Waals surface area (Å²) in [7, 11) is -1.73. The molecule has 1 heterocycles. The number of methoxy groups -OCH3 is 1. The second-order valence-corrected chi connectivity index (χ2v) is 9.59. The van der Waals surface area contributed by atoms with Gasteiger partial charge < -0.3 is 14.2 Å². The number of benzene rings is 3. The van der Waals surface area contributed by atoms with Crippen molar-refractivity contribution in [3.63, 3.8) is 0 Å². The van der Waals surface area contributed by atoms with E-state index in [9.17, 15) is 8.42 Å². The first-order valence-electron chi connectivity index (χ1n) is 10.2. The number of H-pyrrole nitrogens is 1. The van der Waals surface area contributed by atoms with Crippen molar-refractivity contribution >= 4 is 9.84 Å². The molecule has 0 saturated carbocycles. The highest BCUT2D eigenvalue weighted by Gasteiger charge is 2.11. The summed E-state index contributed by atoms with van der Waals surface area (Å²) in [6.07, 6.45) is 1.17. The molecule has 1 N–H and O–H groups in total. The van der Waals surface area contributed by atoms with Crippen LogP contribution in [0.3, 0.4) is 0 Å². The Hall–Kier alpha value is -3.78. The first kappa shape index (κ1) is 22.4. The summed E-state index contributed by atoms with van der Waals surface area (Å²) < 4.78 is 40.7. The third kappa shape index (κ3) is 5.53. The molecule has 0 atom stereocenters. The average Bonchev–Trinajstić information content (AvgIpc) is 3.28. The summed E-state index contributed by atoms with van der Waals surface area (Å²) in [5.74, 6) is 2.13. The lowest BCUT2D eigenvalue weighted by Crippen LogP contribution is -1.98. The minimum atomic E-state index is -3.28. The number of rotatable bonds is 8. The Bertz CT molecular complexity index is 1360. The molecule has 0 unspecified atom stereocenters. The van der Waals surface area contributed by atoms with E-state index in [1.807, 2.05) is 43.3 Å². The van der Waals surface area contributed by atoms with Gasteiger partial charge in [0, 0.05) is 24.0 Å². The number of aromatic nitrogens is 2. The molecule has 7 nitrogen and oxygen atoms in total. The summed E-state index contributed by atoms with van der Waals surface area (Å²) >= 11 is 0. The lowest BCUT2D eigenvalue weighted by atomic mass is 10.1. The third-order valence-electron chi connectivity index (χ3n) is 5.10. The summed E-state index contributed by atoms with van der Waals surface area (Å²) in [5.41, 5.74) is 3.78. The molecule has 0 fully saturated rings. The Morgan fingerprint density at radius 1 is 0.909 bits per heavy atom. The minimum Gasteiger partial charge on any atom is -0.489 e. The van der Waals surface area contributed by atoms with E-state index < -0.39 is 9.84 Å². The number of aryl methyl sites for hydroxylation is 1. The van der Waals surface area contributed by atoms with E-state index in [1.165, 1.54) is 18.4 Å². The fraction of sp³-hybridized carbons (Fsp3) is 0.160. The fourth-order valence-corrected chi connectivity index (χ4v) is 3.88. The SMILES string of the molecule is COc1cc(-c2cc(OCc3ccccc3C)cc(Oc3ccc(S(C)(=O)=O)cc3)c2)[nH]n1. The molecule has 0 spiro atoms. The monoisotopic (exact) mass is 464 g/mol. The van der Waals surface area contributed by atoms with Crippen LogP contribution in [0.15, 0.2) is 77.7 Å². The van der Waals surface area contributed by atoms with Crippen LogP contribution in [0.5, 0.6) is 23.1 Å². The molecule has 4 rings (SSSR count). The topological polar surface area (TPSA) is 90.5 Å². The summed E-state index contributed by atoms with van der Waals surface area (Å²) in [6.45, 7) is 2.45. The first-order chi connectivity index (χ1) is 15.8. The lowest BCUT2D eigenvalue weighted by molar-refractivity contribution is 0.304. The molecule has 0 radical (unpaired) electrons. The molecule has 0 amide bonds. The Labute approximate surface area is 192 Å².